The molecule has 27 heavy (non-hydrogen) atoms. The Morgan fingerprint density at radius 1 is 1.26 bits per heavy atom. The van der Waals surface area contributed by atoms with Crippen LogP contribution in [-0.2, 0) is 4.79 Å². The van der Waals surface area contributed by atoms with E-state index < -0.39 is 0 Å². The van der Waals surface area contributed by atoms with E-state index >= 15 is 0 Å². The maximum absolute atomic E-state index is 12.8. The molecule has 1 saturated heterocycles. The third-order valence-electron chi connectivity index (χ3n) is 5.24. The van der Waals surface area contributed by atoms with E-state index in [-0.39, 0.29) is 29.5 Å². The van der Waals surface area contributed by atoms with E-state index in [0.29, 0.717) is 42.5 Å². The molecule has 1 aliphatic heterocycles. The van der Waals surface area contributed by atoms with Crippen molar-refractivity contribution < 1.29 is 9.59 Å². The van der Waals surface area contributed by atoms with Crippen LogP contribution in [0.3, 0.4) is 0 Å². The van der Waals surface area contributed by atoms with Gasteiger partial charge in [0.25, 0.3) is 5.91 Å². The molecule has 1 fully saturated rings. The number of rotatable bonds is 5. The van der Waals surface area contributed by atoms with Crippen LogP contribution in [0.4, 0.5) is 0 Å². The van der Waals surface area contributed by atoms with Gasteiger partial charge in [-0.05, 0) is 33.4 Å². The molecule has 0 bridgehead atoms. The fourth-order valence-corrected chi connectivity index (χ4v) is 3.79. The predicted octanol–water partition coefficient (Wildman–Crippen LogP) is 1.20. The minimum atomic E-state index is -0.308. The second kappa shape index (κ2) is 7.92. The normalized spacial score (nSPS) is 20.0. The van der Waals surface area contributed by atoms with Gasteiger partial charge in [-0.1, -0.05) is 18.2 Å². The lowest BCUT2D eigenvalue weighted by atomic mass is 10.1. The number of carbonyl (C=O) groups is 2. The Morgan fingerprint density at radius 3 is 2.67 bits per heavy atom. The third-order valence-corrected chi connectivity index (χ3v) is 5.24. The Bertz CT molecular complexity index is 903. The highest BCUT2D eigenvalue weighted by Crippen LogP contribution is 2.20. The van der Waals surface area contributed by atoms with Crippen LogP contribution in [-0.4, -0.2) is 65.4 Å². The number of aromatic amines is 1. The summed E-state index contributed by atoms with van der Waals surface area (Å²) in [6.07, 6.45) is 0.568. The summed E-state index contributed by atoms with van der Waals surface area (Å²) in [6.45, 7) is 5.89. The van der Waals surface area contributed by atoms with Gasteiger partial charge in [0.15, 0.2) is 0 Å². The predicted molar refractivity (Wildman–Crippen MR) is 105 cm³/mol. The van der Waals surface area contributed by atoms with Gasteiger partial charge in [-0.2, -0.15) is 0 Å². The highest BCUT2D eigenvalue weighted by Gasteiger charge is 2.37. The molecule has 1 aromatic carbocycles. The summed E-state index contributed by atoms with van der Waals surface area (Å²) in [4.78, 5) is 43.9. The minimum Gasteiger partial charge on any atom is -0.348 e. The van der Waals surface area contributed by atoms with E-state index in [9.17, 15) is 14.4 Å². The third kappa shape index (κ3) is 3.88. The highest BCUT2D eigenvalue weighted by molar-refractivity contribution is 6.06. The van der Waals surface area contributed by atoms with Crippen LogP contribution in [0.25, 0.3) is 10.9 Å². The van der Waals surface area contributed by atoms with Gasteiger partial charge in [0.2, 0.25) is 11.5 Å². The molecule has 2 heterocycles. The number of aromatic nitrogens is 1. The smallest absolute Gasteiger partial charge is 0.252 e. The van der Waals surface area contributed by atoms with Crippen molar-refractivity contribution in [2.75, 3.05) is 26.7 Å². The number of H-pyrrole nitrogens is 1. The standard InChI is InChI=1S/C20H26N4O3/c1-4-24(5-2)20(27)17-10-13(12-23(17)3)21-19(26)15-11-18(25)22-16-9-7-6-8-14(15)16/h6-9,11,13,17H,4-5,10,12H2,1-3H3,(H,21,26)(H,22,25)/t13-,17-/m0/s1. The first-order valence-electron chi connectivity index (χ1n) is 9.36. The van der Waals surface area contributed by atoms with E-state index in [4.69, 9.17) is 0 Å². The van der Waals surface area contributed by atoms with Gasteiger partial charge in [-0.3, -0.25) is 19.3 Å². The van der Waals surface area contributed by atoms with Crippen molar-refractivity contribution in [3.8, 4) is 0 Å². The summed E-state index contributed by atoms with van der Waals surface area (Å²) in [7, 11) is 1.90. The number of pyridine rings is 1. The fraction of sp³-hybridized carbons (Fsp3) is 0.450. The van der Waals surface area contributed by atoms with Gasteiger partial charge >= 0.3 is 0 Å². The number of amides is 2. The lowest BCUT2D eigenvalue weighted by Crippen LogP contribution is -2.44. The van der Waals surface area contributed by atoms with Gasteiger partial charge in [-0.25, -0.2) is 0 Å². The number of hydrogen-bond acceptors (Lipinski definition) is 4. The van der Waals surface area contributed by atoms with Gasteiger partial charge in [0.05, 0.1) is 11.6 Å². The molecule has 0 spiro atoms. The molecule has 2 amide bonds. The number of likely N-dealkylation sites (tertiary alicyclic amines) is 1. The van der Waals surface area contributed by atoms with Crippen LogP contribution in [0.15, 0.2) is 35.1 Å². The molecule has 144 valence electrons. The first kappa shape index (κ1) is 19.1. The highest BCUT2D eigenvalue weighted by atomic mass is 16.2. The zero-order chi connectivity index (χ0) is 19.6. The molecule has 7 nitrogen and oxygen atoms in total. The van der Waals surface area contributed by atoms with Gasteiger partial charge in [0.1, 0.15) is 0 Å². The van der Waals surface area contributed by atoms with Crippen molar-refractivity contribution in [3.63, 3.8) is 0 Å². The maximum Gasteiger partial charge on any atom is 0.252 e. The molecule has 0 unspecified atom stereocenters. The first-order valence-corrected chi connectivity index (χ1v) is 9.36. The van der Waals surface area contributed by atoms with E-state index in [1.54, 1.807) is 6.07 Å². The van der Waals surface area contributed by atoms with Crippen LogP contribution in [0.2, 0.25) is 0 Å². The zero-order valence-electron chi connectivity index (χ0n) is 16.0. The van der Waals surface area contributed by atoms with Gasteiger partial charge < -0.3 is 15.2 Å². The fourth-order valence-electron chi connectivity index (χ4n) is 3.79. The van der Waals surface area contributed by atoms with Crippen LogP contribution in [0.5, 0.6) is 0 Å². The van der Waals surface area contributed by atoms with Crippen LogP contribution >= 0.6 is 0 Å². The van der Waals surface area contributed by atoms with E-state index in [2.05, 4.69) is 10.3 Å². The second-order valence-corrected chi connectivity index (χ2v) is 6.96. The minimum absolute atomic E-state index is 0.0980. The maximum atomic E-state index is 12.8. The SMILES string of the molecule is CCN(CC)C(=O)[C@@H]1C[C@H](NC(=O)c2cc(=O)[nH]c3ccccc23)CN1C. The molecule has 7 heteroatoms. The number of nitrogens with zero attached hydrogens (tertiary/aromatic N) is 2. The van der Waals surface area contributed by atoms with Crippen LogP contribution in [0.1, 0.15) is 30.6 Å². The summed E-state index contributed by atoms with van der Waals surface area (Å²) in [5.41, 5.74) is 0.681. The summed E-state index contributed by atoms with van der Waals surface area (Å²) in [5, 5.41) is 3.71. The van der Waals surface area contributed by atoms with E-state index in [1.165, 1.54) is 6.07 Å². The molecule has 0 saturated carbocycles. The number of carbonyl (C=O) groups excluding carboxylic acids is 2. The Kier molecular flexibility index (Phi) is 5.60. The van der Waals surface area contributed by atoms with Crippen LogP contribution < -0.4 is 10.9 Å². The number of benzene rings is 1. The summed E-state index contributed by atoms with van der Waals surface area (Å²) >= 11 is 0. The molecule has 0 radical (unpaired) electrons. The Hall–Kier alpha value is -2.67. The average molecular weight is 370 g/mol. The molecule has 0 aliphatic carbocycles. The monoisotopic (exact) mass is 370 g/mol. The van der Waals surface area contributed by atoms with E-state index in [0.717, 1.165) is 0 Å². The average Bonchev–Trinajstić information content (AvgIpc) is 3.01. The van der Waals surface area contributed by atoms with Crippen molar-refractivity contribution >= 4 is 22.7 Å². The zero-order valence-corrected chi connectivity index (χ0v) is 16.0. The summed E-state index contributed by atoms with van der Waals surface area (Å²) < 4.78 is 0. The van der Waals surface area contributed by atoms with Gasteiger partial charge in [-0.15, -0.1) is 0 Å². The lowest BCUT2D eigenvalue weighted by Gasteiger charge is -2.26. The van der Waals surface area contributed by atoms with E-state index in [1.807, 2.05) is 48.9 Å². The summed E-state index contributed by atoms with van der Waals surface area (Å²) in [6, 6.07) is 8.20. The molecule has 1 aromatic heterocycles. The molecular formula is C20H26N4O3. The number of likely N-dealkylation sites (N-methyl/N-ethyl adjacent to an activating group) is 2. The second-order valence-electron chi connectivity index (χ2n) is 6.96. The quantitative estimate of drug-likeness (QED) is 0.828. The molecule has 1 aliphatic rings. The van der Waals surface area contributed by atoms with Crippen LogP contribution in [0, 0.1) is 0 Å². The molecule has 2 aromatic rings. The molecule has 2 atom stereocenters. The number of hydrogen-bond donors (Lipinski definition) is 2. The van der Waals surface area contributed by atoms with Crippen molar-refractivity contribution in [1.82, 2.24) is 20.1 Å². The first-order chi connectivity index (χ1) is 12.9. The Morgan fingerprint density at radius 2 is 1.96 bits per heavy atom. The largest absolute Gasteiger partial charge is 0.348 e. The van der Waals surface area contributed by atoms with Crippen molar-refractivity contribution in [1.29, 1.82) is 0 Å². The lowest BCUT2D eigenvalue weighted by molar-refractivity contribution is -0.135. The number of fused-ring (bicyclic) bond motifs is 1. The summed E-state index contributed by atoms with van der Waals surface area (Å²) in [5.74, 6) is -0.188. The topological polar surface area (TPSA) is 85.5 Å². The van der Waals surface area contributed by atoms with Crippen molar-refractivity contribution in [2.24, 2.45) is 0 Å². The molecule has 2 N–H and O–H groups in total. The Balaban J connectivity index is 1.76. The van der Waals surface area contributed by atoms with Crippen molar-refractivity contribution in [2.45, 2.75) is 32.4 Å². The molecular weight excluding hydrogens is 344 g/mol. The van der Waals surface area contributed by atoms with Gasteiger partial charge in [0, 0.05) is 42.6 Å². The van der Waals surface area contributed by atoms with Crippen molar-refractivity contribution in [3.05, 3.63) is 46.2 Å². The number of nitrogens with one attached hydrogen (secondary N) is 2. The Labute approximate surface area is 158 Å². The number of para-hydroxylation sites is 1. The molecule has 3 rings (SSSR count).